The summed E-state index contributed by atoms with van der Waals surface area (Å²) in [4.78, 5) is 11.2. The lowest BCUT2D eigenvalue weighted by atomic mass is 10.1. The van der Waals surface area contributed by atoms with Crippen molar-refractivity contribution in [1.82, 2.24) is 5.32 Å². The topological polar surface area (TPSA) is 49.3 Å². The van der Waals surface area contributed by atoms with E-state index in [-0.39, 0.29) is 24.0 Å². The third-order valence-corrected chi connectivity index (χ3v) is 2.33. The molecule has 3 heteroatoms. The van der Waals surface area contributed by atoms with Crippen LogP contribution in [0.5, 0.6) is 0 Å². The second kappa shape index (κ2) is 3.90. The second-order valence-corrected chi connectivity index (χ2v) is 3.77. The van der Waals surface area contributed by atoms with E-state index in [4.69, 9.17) is 0 Å². The summed E-state index contributed by atoms with van der Waals surface area (Å²) in [5.74, 6) is 0.0544. The van der Waals surface area contributed by atoms with E-state index in [1.54, 1.807) is 0 Å². The average Bonchev–Trinajstić information content (AvgIpc) is 2.36. The fraction of sp³-hybridized carbons (Fsp3) is 0.889. The van der Waals surface area contributed by atoms with E-state index in [1.807, 2.05) is 13.8 Å². The zero-order valence-electron chi connectivity index (χ0n) is 7.71. The number of hydrogen-bond donors (Lipinski definition) is 2. The third kappa shape index (κ3) is 2.21. The Balaban J connectivity index is 2.35. The monoisotopic (exact) mass is 171 g/mol. The largest absolute Gasteiger partial charge is 0.391 e. The van der Waals surface area contributed by atoms with Crippen molar-refractivity contribution in [1.29, 1.82) is 0 Å². The van der Waals surface area contributed by atoms with Gasteiger partial charge in [0.15, 0.2) is 0 Å². The maximum absolute atomic E-state index is 11.2. The summed E-state index contributed by atoms with van der Waals surface area (Å²) in [6.45, 7) is 3.72. The summed E-state index contributed by atoms with van der Waals surface area (Å²) in [6, 6.07) is -0.0000926. The molecule has 0 heterocycles. The molecular formula is C9H17NO2. The van der Waals surface area contributed by atoms with Gasteiger partial charge in [0.2, 0.25) is 5.91 Å². The summed E-state index contributed by atoms with van der Waals surface area (Å²) < 4.78 is 0. The molecule has 0 saturated heterocycles. The summed E-state index contributed by atoms with van der Waals surface area (Å²) in [6.07, 6.45) is 2.43. The van der Waals surface area contributed by atoms with E-state index in [0.717, 1.165) is 19.3 Å². The molecule has 0 aromatic heterocycles. The van der Waals surface area contributed by atoms with Gasteiger partial charge < -0.3 is 10.4 Å². The quantitative estimate of drug-likeness (QED) is 0.641. The molecule has 2 atom stereocenters. The third-order valence-electron chi connectivity index (χ3n) is 2.33. The summed E-state index contributed by atoms with van der Waals surface area (Å²) >= 11 is 0. The molecule has 0 aromatic carbocycles. The first kappa shape index (κ1) is 9.52. The molecule has 70 valence electrons. The Hall–Kier alpha value is -0.570. The van der Waals surface area contributed by atoms with Gasteiger partial charge in [0.25, 0.3) is 0 Å². The normalized spacial score (nSPS) is 29.3. The minimum atomic E-state index is -0.326. The van der Waals surface area contributed by atoms with Gasteiger partial charge in [-0.05, 0) is 19.3 Å². The average molecular weight is 171 g/mol. The molecule has 1 aliphatic carbocycles. The maximum atomic E-state index is 11.2. The molecule has 2 unspecified atom stereocenters. The second-order valence-electron chi connectivity index (χ2n) is 3.77. The molecule has 12 heavy (non-hydrogen) atoms. The number of carbonyl (C=O) groups is 1. The van der Waals surface area contributed by atoms with E-state index < -0.39 is 0 Å². The number of nitrogens with one attached hydrogen (secondary N) is 1. The smallest absolute Gasteiger partial charge is 0.222 e. The Morgan fingerprint density at radius 2 is 2.17 bits per heavy atom. The molecule has 2 N–H and O–H groups in total. The van der Waals surface area contributed by atoms with E-state index in [0.29, 0.717) is 0 Å². The Bertz CT molecular complexity index is 168. The zero-order chi connectivity index (χ0) is 9.14. The van der Waals surface area contributed by atoms with E-state index >= 15 is 0 Å². The van der Waals surface area contributed by atoms with Gasteiger partial charge in [-0.3, -0.25) is 4.79 Å². The lowest BCUT2D eigenvalue weighted by molar-refractivity contribution is -0.125. The first-order valence-corrected chi connectivity index (χ1v) is 4.59. The number of rotatable bonds is 2. The maximum Gasteiger partial charge on any atom is 0.222 e. The van der Waals surface area contributed by atoms with Crippen LogP contribution in [0.4, 0.5) is 0 Å². The Morgan fingerprint density at radius 3 is 2.58 bits per heavy atom. The van der Waals surface area contributed by atoms with Crippen molar-refractivity contribution in [3.8, 4) is 0 Å². The number of carbonyl (C=O) groups excluding carboxylic acids is 1. The predicted octanol–water partition coefficient (Wildman–Crippen LogP) is 0.672. The molecule has 0 spiro atoms. The fourth-order valence-electron chi connectivity index (χ4n) is 1.46. The van der Waals surface area contributed by atoms with Gasteiger partial charge in [0.05, 0.1) is 12.1 Å². The molecule has 0 bridgehead atoms. The van der Waals surface area contributed by atoms with Crippen molar-refractivity contribution >= 4 is 5.91 Å². The number of aliphatic hydroxyl groups excluding tert-OH is 1. The van der Waals surface area contributed by atoms with Gasteiger partial charge in [0.1, 0.15) is 0 Å². The van der Waals surface area contributed by atoms with Crippen molar-refractivity contribution < 1.29 is 9.90 Å². The summed E-state index contributed by atoms with van der Waals surface area (Å²) in [7, 11) is 0. The highest BCUT2D eigenvalue weighted by atomic mass is 16.3. The fourth-order valence-corrected chi connectivity index (χ4v) is 1.46. The molecule has 1 aliphatic rings. The Labute approximate surface area is 73.2 Å². The van der Waals surface area contributed by atoms with Crippen molar-refractivity contribution in [2.24, 2.45) is 5.92 Å². The van der Waals surface area contributed by atoms with Crippen molar-refractivity contribution in [3.63, 3.8) is 0 Å². The minimum Gasteiger partial charge on any atom is -0.391 e. The van der Waals surface area contributed by atoms with Crippen LogP contribution in [0.2, 0.25) is 0 Å². The van der Waals surface area contributed by atoms with Crippen molar-refractivity contribution in [2.45, 2.75) is 45.3 Å². The number of aliphatic hydroxyl groups is 1. The van der Waals surface area contributed by atoms with Crippen LogP contribution in [-0.2, 0) is 4.79 Å². The number of hydrogen-bond acceptors (Lipinski definition) is 2. The van der Waals surface area contributed by atoms with Crippen molar-refractivity contribution in [3.05, 3.63) is 0 Å². The standard InChI is InChI=1S/C9H17NO2/c1-6(2)9(12)10-7-4-3-5-8(7)11/h6-8,11H,3-5H2,1-2H3,(H,10,12). The molecule has 3 nitrogen and oxygen atoms in total. The molecule has 1 fully saturated rings. The molecular weight excluding hydrogens is 154 g/mol. The highest BCUT2D eigenvalue weighted by molar-refractivity contribution is 5.78. The predicted molar refractivity (Wildman–Crippen MR) is 46.6 cm³/mol. The van der Waals surface area contributed by atoms with Crippen LogP contribution in [0.1, 0.15) is 33.1 Å². The minimum absolute atomic E-state index is 0.0000926. The van der Waals surface area contributed by atoms with Gasteiger partial charge in [-0.2, -0.15) is 0 Å². The van der Waals surface area contributed by atoms with E-state index in [2.05, 4.69) is 5.32 Å². The van der Waals surface area contributed by atoms with Crippen LogP contribution >= 0.6 is 0 Å². The van der Waals surface area contributed by atoms with E-state index in [1.165, 1.54) is 0 Å². The van der Waals surface area contributed by atoms with Crippen LogP contribution in [0, 0.1) is 5.92 Å². The summed E-state index contributed by atoms with van der Waals surface area (Å²) in [5, 5.41) is 12.2. The molecule has 0 radical (unpaired) electrons. The van der Waals surface area contributed by atoms with Crippen LogP contribution < -0.4 is 5.32 Å². The first-order chi connectivity index (χ1) is 5.61. The first-order valence-electron chi connectivity index (χ1n) is 4.59. The van der Waals surface area contributed by atoms with Crippen molar-refractivity contribution in [2.75, 3.05) is 0 Å². The van der Waals surface area contributed by atoms with Gasteiger partial charge in [0, 0.05) is 5.92 Å². The lowest BCUT2D eigenvalue weighted by Crippen LogP contribution is -2.41. The lowest BCUT2D eigenvalue weighted by Gasteiger charge is -2.17. The molecule has 0 aliphatic heterocycles. The van der Waals surface area contributed by atoms with Gasteiger partial charge in [-0.25, -0.2) is 0 Å². The van der Waals surface area contributed by atoms with Gasteiger partial charge >= 0.3 is 0 Å². The van der Waals surface area contributed by atoms with Crippen LogP contribution in [-0.4, -0.2) is 23.2 Å². The highest BCUT2D eigenvalue weighted by Gasteiger charge is 2.26. The summed E-state index contributed by atoms with van der Waals surface area (Å²) in [5.41, 5.74) is 0. The molecule has 1 rings (SSSR count). The highest BCUT2D eigenvalue weighted by Crippen LogP contribution is 2.18. The Kier molecular flexibility index (Phi) is 3.09. The van der Waals surface area contributed by atoms with Gasteiger partial charge in [-0.1, -0.05) is 13.8 Å². The molecule has 1 saturated carbocycles. The molecule has 0 aromatic rings. The zero-order valence-corrected chi connectivity index (χ0v) is 7.71. The van der Waals surface area contributed by atoms with E-state index in [9.17, 15) is 9.90 Å². The van der Waals surface area contributed by atoms with Crippen LogP contribution in [0.15, 0.2) is 0 Å². The molecule has 1 amide bonds. The van der Waals surface area contributed by atoms with Gasteiger partial charge in [-0.15, -0.1) is 0 Å². The van der Waals surface area contributed by atoms with Crippen LogP contribution in [0.25, 0.3) is 0 Å². The number of amides is 1. The van der Waals surface area contributed by atoms with Crippen LogP contribution in [0.3, 0.4) is 0 Å². The Morgan fingerprint density at radius 1 is 1.50 bits per heavy atom. The SMILES string of the molecule is CC(C)C(=O)NC1CCCC1O.